The molecule has 0 fully saturated rings. The van der Waals surface area contributed by atoms with Gasteiger partial charge in [-0.3, -0.25) is 0 Å². The molecule has 0 saturated carbocycles. The SMILES string of the molecule is CC(C)(C)C(N)Cc1cscn1. The van der Waals surface area contributed by atoms with Crippen LogP contribution in [0.5, 0.6) is 0 Å². The molecule has 3 heteroatoms. The first-order valence-electron chi connectivity index (χ1n) is 4.13. The minimum Gasteiger partial charge on any atom is -0.327 e. The van der Waals surface area contributed by atoms with Crippen LogP contribution in [0, 0.1) is 5.41 Å². The van der Waals surface area contributed by atoms with E-state index in [9.17, 15) is 0 Å². The average molecular weight is 184 g/mol. The molecule has 1 aromatic rings. The number of hydrogen-bond donors (Lipinski definition) is 1. The van der Waals surface area contributed by atoms with Crippen LogP contribution < -0.4 is 5.73 Å². The van der Waals surface area contributed by atoms with Crippen LogP contribution in [-0.2, 0) is 6.42 Å². The Kier molecular flexibility index (Phi) is 2.85. The Bertz CT molecular complexity index is 223. The van der Waals surface area contributed by atoms with Gasteiger partial charge in [-0.25, -0.2) is 4.98 Å². The first-order chi connectivity index (χ1) is 5.50. The van der Waals surface area contributed by atoms with Crippen molar-refractivity contribution in [2.75, 3.05) is 0 Å². The molecule has 12 heavy (non-hydrogen) atoms. The lowest BCUT2D eigenvalue weighted by atomic mass is 9.85. The lowest BCUT2D eigenvalue weighted by Crippen LogP contribution is -2.36. The maximum absolute atomic E-state index is 6.01. The molecule has 0 bridgehead atoms. The van der Waals surface area contributed by atoms with Crippen LogP contribution in [0.15, 0.2) is 10.9 Å². The van der Waals surface area contributed by atoms with E-state index in [1.54, 1.807) is 11.3 Å². The Hall–Kier alpha value is -0.410. The van der Waals surface area contributed by atoms with Crippen LogP contribution in [0.25, 0.3) is 0 Å². The van der Waals surface area contributed by atoms with Crippen molar-refractivity contribution in [3.63, 3.8) is 0 Å². The molecule has 0 amide bonds. The van der Waals surface area contributed by atoms with Crippen molar-refractivity contribution in [3.05, 3.63) is 16.6 Å². The third-order valence-electron chi connectivity index (χ3n) is 2.02. The quantitative estimate of drug-likeness (QED) is 0.764. The van der Waals surface area contributed by atoms with Gasteiger partial charge in [0.25, 0.3) is 0 Å². The molecular weight excluding hydrogens is 168 g/mol. The van der Waals surface area contributed by atoms with Gasteiger partial charge >= 0.3 is 0 Å². The molecule has 1 atom stereocenters. The number of thiazole rings is 1. The Morgan fingerprint density at radius 3 is 2.67 bits per heavy atom. The number of rotatable bonds is 2. The summed E-state index contributed by atoms with van der Waals surface area (Å²) in [6.07, 6.45) is 0.882. The molecule has 1 rings (SSSR count). The first-order valence-corrected chi connectivity index (χ1v) is 5.07. The van der Waals surface area contributed by atoms with Crippen molar-refractivity contribution in [2.24, 2.45) is 11.1 Å². The fourth-order valence-corrected chi connectivity index (χ4v) is 1.44. The average Bonchev–Trinajstić information content (AvgIpc) is 2.37. The van der Waals surface area contributed by atoms with Crippen LogP contribution in [-0.4, -0.2) is 11.0 Å². The van der Waals surface area contributed by atoms with Gasteiger partial charge in [-0.1, -0.05) is 20.8 Å². The normalized spacial score (nSPS) is 14.7. The highest BCUT2D eigenvalue weighted by atomic mass is 32.1. The summed E-state index contributed by atoms with van der Waals surface area (Å²) in [6.45, 7) is 6.47. The van der Waals surface area contributed by atoms with Crippen LogP contribution in [0.3, 0.4) is 0 Å². The lowest BCUT2D eigenvalue weighted by molar-refractivity contribution is 0.317. The van der Waals surface area contributed by atoms with E-state index in [4.69, 9.17) is 5.73 Å². The second-order valence-electron chi connectivity index (χ2n) is 4.16. The predicted molar refractivity (Wildman–Crippen MR) is 53.2 cm³/mol. The maximum atomic E-state index is 6.01. The van der Waals surface area contributed by atoms with Crippen molar-refractivity contribution in [3.8, 4) is 0 Å². The molecule has 0 aliphatic rings. The molecule has 1 aromatic heterocycles. The standard InChI is InChI=1S/C9H16N2S/c1-9(2,3)8(10)4-7-5-12-6-11-7/h5-6,8H,4,10H2,1-3H3. The molecule has 2 nitrogen and oxygen atoms in total. The van der Waals surface area contributed by atoms with Crippen LogP contribution in [0.1, 0.15) is 26.5 Å². The molecule has 0 aromatic carbocycles. The van der Waals surface area contributed by atoms with E-state index in [1.807, 2.05) is 5.51 Å². The summed E-state index contributed by atoms with van der Waals surface area (Å²) < 4.78 is 0. The van der Waals surface area contributed by atoms with Gasteiger partial charge in [-0.15, -0.1) is 11.3 Å². The van der Waals surface area contributed by atoms with Gasteiger partial charge in [-0.2, -0.15) is 0 Å². The Morgan fingerprint density at radius 1 is 1.58 bits per heavy atom. The monoisotopic (exact) mass is 184 g/mol. The van der Waals surface area contributed by atoms with Crippen LogP contribution >= 0.6 is 11.3 Å². The summed E-state index contributed by atoms with van der Waals surface area (Å²) in [7, 11) is 0. The van der Waals surface area contributed by atoms with E-state index in [0.717, 1.165) is 12.1 Å². The molecule has 1 unspecified atom stereocenters. The summed E-state index contributed by atoms with van der Waals surface area (Å²) in [4.78, 5) is 4.21. The molecule has 0 saturated heterocycles. The van der Waals surface area contributed by atoms with Gasteiger partial charge in [0.1, 0.15) is 0 Å². The highest BCUT2D eigenvalue weighted by Gasteiger charge is 2.21. The molecular formula is C9H16N2S. The largest absolute Gasteiger partial charge is 0.327 e. The Balaban J connectivity index is 2.53. The summed E-state index contributed by atoms with van der Waals surface area (Å²) in [5, 5.41) is 2.06. The molecule has 0 aliphatic heterocycles. The first kappa shape index (κ1) is 9.68. The molecule has 1 heterocycles. The van der Waals surface area contributed by atoms with E-state index >= 15 is 0 Å². The van der Waals surface area contributed by atoms with Gasteiger partial charge in [0, 0.05) is 17.8 Å². The van der Waals surface area contributed by atoms with Crippen molar-refractivity contribution in [1.29, 1.82) is 0 Å². The molecule has 2 N–H and O–H groups in total. The van der Waals surface area contributed by atoms with Gasteiger partial charge in [0.15, 0.2) is 0 Å². The summed E-state index contributed by atoms with van der Waals surface area (Å²) in [5.41, 5.74) is 9.14. The Labute approximate surface area is 77.8 Å². The minimum absolute atomic E-state index is 0.170. The second-order valence-corrected chi connectivity index (χ2v) is 4.88. The van der Waals surface area contributed by atoms with E-state index in [0.29, 0.717) is 0 Å². The minimum atomic E-state index is 0.170. The van der Waals surface area contributed by atoms with Crippen LogP contribution in [0.4, 0.5) is 0 Å². The van der Waals surface area contributed by atoms with E-state index in [2.05, 4.69) is 31.1 Å². The molecule has 68 valence electrons. The molecule has 0 spiro atoms. The second kappa shape index (κ2) is 3.54. The van der Waals surface area contributed by atoms with Crippen molar-refractivity contribution >= 4 is 11.3 Å². The fourth-order valence-electron chi connectivity index (χ4n) is 0.870. The Morgan fingerprint density at radius 2 is 2.25 bits per heavy atom. The maximum Gasteiger partial charge on any atom is 0.0794 e. The van der Waals surface area contributed by atoms with Crippen molar-refractivity contribution in [1.82, 2.24) is 4.98 Å². The van der Waals surface area contributed by atoms with Gasteiger partial charge in [-0.05, 0) is 5.41 Å². The smallest absolute Gasteiger partial charge is 0.0794 e. The zero-order valence-electron chi connectivity index (χ0n) is 7.87. The number of aromatic nitrogens is 1. The number of nitrogens with zero attached hydrogens (tertiary/aromatic N) is 1. The van der Waals surface area contributed by atoms with Crippen molar-refractivity contribution in [2.45, 2.75) is 33.2 Å². The molecule has 0 aliphatic carbocycles. The van der Waals surface area contributed by atoms with Crippen molar-refractivity contribution < 1.29 is 0 Å². The zero-order chi connectivity index (χ0) is 9.19. The molecule has 0 radical (unpaired) electrons. The fraction of sp³-hybridized carbons (Fsp3) is 0.667. The highest BCUT2D eigenvalue weighted by Crippen LogP contribution is 2.20. The van der Waals surface area contributed by atoms with E-state index in [-0.39, 0.29) is 11.5 Å². The van der Waals surface area contributed by atoms with Gasteiger partial charge < -0.3 is 5.73 Å². The van der Waals surface area contributed by atoms with Gasteiger partial charge in [0.2, 0.25) is 0 Å². The summed E-state index contributed by atoms with van der Waals surface area (Å²) >= 11 is 1.63. The lowest BCUT2D eigenvalue weighted by Gasteiger charge is -2.26. The third-order valence-corrected chi connectivity index (χ3v) is 2.66. The van der Waals surface area contributed by atoms with E-state index < -0.39 is 0 Å². The predicted octanol–water partition coefficient (Wildman–Crippen LogP) is 2.06. The van der Waals surface area contributed by atoms with Gasteiger partial charge in [0.05, 0.1) is 11.2 Å². The topological polar surface area (TPSA) is 38.9 Å². The number of nitrogens with two attached hydrogens (primary N) is 1. The number of hydrogen-bond acceptors (Lipinski definition) is 3. The summed E-state index contributed by atoms with van der Waals surface area (Å²) in [5.74, 6) is 0. The highest BCUT2D eigenvalue weighted by molar-refractivity contribution is 7.07. The van der Waals surface area contributed by atoms with Crippen LogP contribution in [0.2, 0.25) is 0 Å². The van der Waals surface area contributed by atoms with E-state index in [1.165, 1.54) is 0 Å². The zero-order valence-corrected chi connectivity index (χ0v) is 8.69. The summed E-state index contributed by atoms with van der Waals surface area (Å²) in [6, 6.07) is 0.194. The third kappa shape index (κ3) is 2.57.